The van der Waals surface area contributed by atoms with Crippen LogP contribution in [0.15, 0.2) is 24.3 Å². The molecule has 1 aromatic rings. The van der Waals surface area contributed by atoms with E-state index in [2.05, 4.69) is 43.4 Å². The van der Waals surface area contributed by atoms with Gasteiger partial charge in [-0.3, -0.25) is 0 Å². The summed E-state index contributed by atoms with van der Waals surface area (Å²) in [5.41, 5.74) is 2.23. The minimum atomic E-state index is -0.297. The van der Waals surface area contributed by atoms with Crippen molar-refractivity contribution in [1.82, 2.24) is 5.32 Å². The fraction of sp³-hybridized carbons (Fsp3) is 0.600. The molecule has 1 atom stereocenters. The molecule has 0 aromatic heterocycles. The van der Waals surface area contributed by atoms with Crippen LogP contribution in [0.5, 0.6) is 0 Å². The Bertz CT molecular complexity index is 356. The van der Waals surface area contributed by atoms with E-state index >= 15 is 0 Å². The molecule has 0 heterocycles. The number of hydrogen-bond donors (Lipinski definition) is 2. The van der Waals surface area contributed by atoms with Crippen molar-refractivity contribution in [3.8, 4) is 0 Å². The zero-order chi connectivity index (χ0) is 12.3. The highest BCUT2D eigenvalue weighted by Crippen LogP contribution is 2.30. The molecule has 1 saturated carbocycles. The molecule has 94 valence electrons. The Morgan fingerprint density at radius 3 is 2.41 bits per heavy atom. The number of aliphatic hydroxyl groups excluding tert-OH is 1. The quantitative estimate of drug-likeness (QED) is 0.791. The van der Waals surface area contributed by atoms with E-state index in [1.807, 2.05) is 0 Å². The first-order valence-electron chi connectivity index (χ1n) is 6.63. The van der Waals surface area contributed by atoms with Crippen LogP contribution < -0.4 is 5.32 Å². The second-order valence-electron chi connectivity index (χ2n) is 5.36. The van der Waals surface area contributed by atoms with Crippen molar-refractivity contribution >= 4 is 0 Å². The van der Waals surface area contributed by atoms with Gasteiger partial charge in [-0.25, -0.2) is 0 Å². The summed E-state index contributed by atoms with van der Waals surface area (Å²) in [4.78, 5) is 0. The molecule has 2 heteroatoms. The molecule has 0 saturated heterocycles. The first-order valence-corrected chi connectivity index (χ1v) is 6.63. The predicted octanol–water partition coefficient (Wildman–Crippen LogP) is 2.46. The average Bonchev–Trinajstić information content (AvgIpc) is 3.20. The summed E-state index contributed by atoms with van der Waals surface area (Å²) >= 11 is 0. The number of aliphatic hydroxyl groups is 1. The molecule has 0 radical (unpaired) electrons. The van der Waals surface area contributed by atoms with Crippen molar-refractivity contribution in [2.45, 2.75) is 38.6 Å². The Balaban J connectivity index is 2.07. The van der Waals surface area contributed by atoms with Gasteiger partial charge in [0.25, 0.3) is 0 Å². The van der Waals surface area contributed by atoms with Gasteiger partial charge in [-0.15, -0.1) is 0 Å². The lowest BCUT2D eigenvalue weighted by Gasteiger charge is -2.29. The van der Waals surface area contributed by atoms with E-state index in [0.717, 1.165) is 18.9 Å². The van der Waals surface area contributed by atoms with E-state index in [9.17, 15) is 5.11 Å². The lowest BCUT2D eigenvalue weighted by molar-refractivity contribution is 0.174. The molecule has 2 N–H and O–H groups in total. The zero-order valence-corrected chi connectivity index (χ0v) is 10.9. The largest absolute Gasteiger partial charge is 0.394 e. The van der Waals surface area contributed by atoms with Crippen LogP contribution in [-0.2, 0) is 12.0 Å². The van der Waals surface area contributed by atoms with Crippen molar-refractivity contribution in [1.29, 1.82) is 0 Å². The SMILES string of the molecule is CCc1ccc(C(C)(CO)NCC2CC2)cc1. The molecule has 2 nitrogen and oxygen atoms in total. The Morgan fingerprint density at radius 2 is 1.94 bits per heavy atom. The lowest BCUT2D eigenvalue weighted by Crippen LogP contribution is -2.43. The van der Waals surface area contributed by atoms with Crippen LogP contribution in [0.4, 0.5) is 0 Å². The van der Waals surface area contributed by atoms with E-state index in [1.165, 1.54) is 24.0 Å². The molecule has 0 bridgehead atoms. The topological polar surface area (TPSA) is 32.3 Å². The first kappa shape index (κ1) is 12.6. The summed E-state index contributed by atoms with van der Waals surface area (Å²) < 4.78 is 0. The zero-order valence-electron chi connectivity index (χ0n) is 10.9. The molecule has 0 spiro atoms. The van der Waals surface area contributed by atoms with Crippen molar-refractivity contribution in [3.05, 3.63) is 35.4 Å². The maximum Gasteiger partial charge on any atom is 0.0652 e. The summed E-state index contributed by atoms with van der Waals surface area (Å²) in [5, 5.41) is 13.1. The van der Waals surface area contributed by atoms with Gasteiger partial charge in [0.1, 0.15) is 0 Å². The van der Waals surface area contributed by atoms with Gasteiger partial charge in [0, 0.05) is 0 Å². The van der Waals surface area contributed by atoms with Crippen LogP contribution in [0, 0.1) is 5.92 Å². The Morgan fingerprint density at radius 1 is 1.29 bits per heavy atom. The predicted molar refractivity (Wildman–Crippen MR) is 71.0 cm³/mol. The van der Waals surface area contributed by atoms with Crippen molar-refractivity contribution in [2.75, 3.05) is 13.2 Å². The lowest BCUT2D eigenvalue weighted by atomic mass is 9.91. The molecule has 1 aliphatic carbocycles. The summed E-state index contributed by atoms with van der Waals surface area (Å²) in [5.74, 6) is 0.829. The van der Waals surface area contributed by atoms with Gasteiger partial charge in [-0.2, -0.15) is 0 Å². The van der Waals surface area contributed by atoms with E-state index in [4.69, 9.17) is 0 Å². The summed E-state index contributed by atoms with van der Waals surface area (Å²) in [6.07, 6.45) is 3.73. The minimum Gasteiger partial charge on any atom is -0.394 e. The number of benzene rings is 1. The second kappa shape index (κ2) is 5.19. The second-order valence-corrected chi connectivity index (χ2v) is 5.36. The Labute approximate surface area is 104 Å². The third-order valence-electron chi connectivity index (χ3n) is 3.79. The minimum absolute atomic E-state index is 0.144. The third kappa shape index (κ3) is 3.08. The van der Waals surface area contributed by atoms with Gasteiger partial charge in [-0.1, -0.05) is 31.2 Å². The molecular formula is C15H23NO. The van der Waals surface area contributed by atoms with E-state index in [-0.39, 0.29) is 12.1 Å². The van der Waals surface area contributed by atoms with E-state index in [0.29, 0.717) is 0 Å². The van der Waals surface area contributed by atoms with Crippen LogP contribution in [0.25, 0.3) is 0 Å². The number of hydrogen-bond acceptors (Lipinski definition) is 2. The Hall–Kier alpha value is -0.860. The molecule has 0 amide bonds. The summed E-state index contributed by atoms with van der Waals surface area (Å²) in [6, 6.07) is 8.58. The van der Waals surface area contributed by atoms with Crippen LogP contribution in [0.1, 0.15) is 37.8 Å². The van der Waals surface area contributed by atoms with Gasteiger partial charge in [0.05, 0.1) is 12.1 Å². The molecule has 1 fully saturated rings. The fourth-order valence-corrected chi connectivity index (χ4v) is 2.05. The van der Waals surface area contributed by atoms with Crippen LogP contribution >= 0.6 is 0 Å². The van der Waals surface area contributed by atoms with Gasteiger partial charge < -0.3 is 10.4 Å². The summed E-state index contributed by atoms with van der Waals surface area (Å²) in [7, 11) is 0. The highest BCUT2D eigenvalue weighted by atomic mass is 16.3. The normalized spacial score (nSPS) is 19.0. The van der Waals surface area contributed by atoms with E-state index in [1.54, 1.807) is 0 Å². The van der Waals surface area contributed by atoms with Crippen molar-refractivity contribution < 1.29 is 5.11 Å². The van der Waals surface area contributed by atoms with Crippen LogP contribution in [0.3, 0.4) is 0 Å². The monoisotopic (exact) mass is 233 g/mol. The van der Waals surface area contributed by atoms with Gasteiger partial charge in [-0.05, 0) is 49.8 Å². The molecule has 1 aliphatic rings. The van der Waals surface area contributed by atoms with Crippen LogP contribution in [-0.4, -0.2) is 18.3 Å². The molecule has 2 rings (SSSR count). The van der Waals surface area contributed by atoms with E-state index < -0.39 is 0 Å². The van der Waals surface area contributed by atoms with Crippen molar-refractivity contribution in [2.24, 2.45) is 5.92 Å². The number of rotatable bonds is 6. The van der Waals surface area contributed by atoms with Gasteiger partial charge in [0.15, 0.2) is 0 Å². The maximum atomic E-state index is 9.64. The van der Waals surface area contributed by atoms with Crippen LogP contribution in [0.2, 0.25) is 0 Å². The number of nitrogens with one attached hydrogen (secondary N) is 1. The first-order chi connectivity index (χ1) is 8.18. The van der Waals surface area contributed by atoms with Gasteiger partial charge in [0.2, 0.25) is 0 Å². The molecule has 1 unspecified atom stereocenters. The summed E-state index contributed by atoms with van der Waals surface area (Å²) in [6.45, 7) is 5.40. The molecule has 1 aromatic carbocycles. The van der Waals surface area contributed by atoms with Crippen molar-refractivity contribution in [3.63, 3.8) is 0 Å². The number of aryl methyl sites for hydroxylation is 1. The highest BCUT2D eigenvalue weighted by Gasteiger charge is 2.29. The Kier molecular flexibility index (Phi) is 3.85. The standard InChI is InChI=1S/C15H23NO/c1-3-12-6-8-14(9-7-12)15(2,11-17)16-10-13-4-5-13/h6-9,13,16-17H,3-5,10-11H2,1-2H3. The third-order valence-corrected chi connectivity index (χ3v) is 3.79. The fourth-order valence-electron chi connectivity index (χ4n) is 2.05. The molecule has 17 heavy (non-hydrogen) atoms. The highest BCUT2D eigenvalue weighted by molar-refractivity contribution is 5.28. The average molecular weight is 233 g/mol. The molecular weight excluding hydrogens is 210 g/mol. The smallest absolute Gasteiger partial charge is 0.0652 e. The molecule has 0 aliphatic heterocycles. The van der Waals surface area contributed by atoms with Gasteiger partial charge >= 0.3 is 0 Å². The maximum absolute atomic E-state index is 9.64.